The van der Waals surface area contributed by atoms with Crippen LogP contribution in [0.15, 0.2) is 6.20 Å². The van der Waals surface area contributed by atoms with Gasteiger partial charge in [-0.1, -0.05) is 6.92 Å². The Morgan fingerprint density at radius 2 is 2.00 bits per heavy atom. The molecule has 2 amide bonds. The van der Waals surface area contributed by atoms with Gasteiger partial charge in [-0.05, 0) is 33.1 Å². The van der Waals surface area contributed by atoms with Crippen LogP contribution in [0, 0.1) is 0 Å². The number of nitrogens with zero attached hydrogens (tertiary/aromatic N) is 5. The van der Waals surface area contributed by atoms with Crippen molar-refractivity contribution in [2.24, 2.45) is 0 Å². The average molecular weight is 403 g/mol. The molecular formula is C21H34N6O2. The molecule has 0 aliphatic carbocycles. The predicted octanol–water partition coefficient (Wildman–Crippen LogP) is 3.11. The Morgan fingerprint density at radius 1 is 1.28 bits per heavy atom. The van der Waals surface area contributed by atoms with Gasteiger partial charge in [0.25, 0.3) is 0 Å². The van der Waals surface area contributed by atoms with E-state index in [1.807, 2.05) is 22.7 Å². The average Bonchev–Trinajstić information content (AvgIpc) is 3.15. The van der Waals surface area contributed by atoms with Crippen LogP contribution < -0.4 is 5.32 Å². The number of ether oxygens (including phenoxy) is 1. The molecule has 1 N–H and O–H groups in total. The maximum absolute atomic E-state index is 12.7. The Labute approximate surface area is 173 Å². The highest BCUT2D eigenvalue weighted by Crippen LogP contribution is 2.32. The summed E-state index contributed by atoms with van der Waals surface area (Å²) in [5.74, 6) is 0. The summed E-state index contributed by atoms with van der Waals surface area (Å²) in [6.45, 7) is 9.70. The first-order valence-electron chi connectivity index (χ1n) is 10.7. The van der Waals surface area contributed by atoms with Crippen LogP contribution in [-0.2, 0) is 24.2 Å². The lowest BCUT2D eigenvalue weighted by Gasteiger charge is -2.29. The van der Waals surface area contributed by atoms with Crippen LogP contribution in [0.1, 0.15) is 44.9 Å². The molecule has 0 radical (unpaired) electrons. The first-order chi connectivity index (χ1) is 14.0. The van der Waals surface area contributed by atoms with Gasteiger partial charge in [-0.15, -0.1) is 0 Å². The van der Waals surface area contributed by atoms with Crippen molar-refractivity contribution in [1.82, 2.24) is 24.6 Å². The molecule has 1 saturated heterocycles. The van der Waals surface area contributed by atoms with Crippen molar-refractivity contribution in [2.75, 3.05) is 39.2 Å². The molecule has 1 aliphatic rings. The van der Waals surface area contributed by atoms with Gasteiger partial charge in [-0.2, -0.15) is 5.10 Å². The van der Waals surface area contributed by atoms with Crippen molar-refractivity contribution < 1.29 is 9.53 Å². The van der Waals surface area contributed by atoms with Gasteiger partial charge in [-0.3, -0.25) is 0 Å². The standard InChI is InChI=1S/C21H34N6O2/c1-6-18-17(14-26(7-2)21(28)25(4)5)19(23-15-9-11-29-12-10-15)16-13-22-27(8-3)20(16)24-18/h13,15H,6-12,14H2,1-5H3,(H,23,24). The highest BCUT2D eigenvalue weighted by molar-refractivity contribution is 5.91. The Hall–Kier alpha value is -2.35. The summed E-state index contributed by atoms with van der Waals surface area (Å²) in [6, 6.07) is 0.360. The van der Waals surface area contributed by atoms with Crippen LogP contribution >= 0.6 is 0 Å². The minimum Gasteiger partial charge on any atom is -0.381 e. The van der Waals surface area contributed by atoms with Crippen molar-refractivity contribution in [3.63, 3.8) is 0 Å². The number of amides is 2. The molecule has 0 aromatic carbocycles. The number of carbonyl (C=O) groups is 1. The zero-order valence-corrected chi connectivity index (χ0v) is 18.4. The molecule has 160 valence electrons. The van der Waals surface area contributed by atoms with E-state index in [9.17, 15) is 4.79 Å². The van der Waals surface area contributed by atoms with E-state index in [0.717, 1.165) is 67.0 Å². The third-order valence-corrected chi connectivity index (χ3v) is 5.56. The molecular weight excluding hydrogens is 368 g/mol. The Balaban J connectivity index is 2.09. The number of nitrogens with one attached hydrogen (secondary N) is 1. The third kappa shape index (κ3) is 4.47. The van der Waals surface area contributed by atoms with Crippen LogP contribution in [0.4, 0.5) is 10.5 Å². The maximum Gasteiger partial charge on any atom is 0.319 e. The van der Waals surface area contributed by atoms with Gasteiger partial charge >= 0.3 is 6.03 Å². The molecule has 2 aromatic rings. The van der Waals surface area contributed by atoms with Gasteiger partial charge in [-0.25, -0.2) is 14.5 Å². The molecule has 0 unspecified atom stereocenters. The number of fused-ring (bicyclic) bond motifs is 1. The molecule has 29 heavy (non-hydrogen) atoms. The quantitative estimate of drug-likeness (QED) is 0.770. The van der Waals surface area contributed by atoms with E-state index in [0.29, 0.717) is 19.1 Å². The Kier molecular flexibility index (Phi) is 6.95. The lowest BCUT2D eigenvalue weighted by atomic mass is 10.0. The first-order valence-corrected chi connectivity index (χ1v) is 10.7. The van der Waals surface area contributed by atoms with E-state index < -0.39 is 0 Å². The van der Waals surface area contributed by atoms with E-state index in [2.05, 4.69) is 24.3 Å². The fourth-order valence-corrected chi connectivity index (χ4v) is 3.87. The first kappa shape index (κ1) is 21.4. The second kappa shape index (κ2) is 9.43. The fraction of sp³-hybridized carbons (Fsp3) is 0.667. The van der Waals surface area contributed by atoms with Crippen LogP contribution in [0.5, 0.6) is 0 Å². The van der Waals surface area contributed by atoms with Gasteiger partial charge in [0, 0.05) is 57.7 Å². The van der Waals surface area contributed by atoms with Gasteiger partial charge in [0.2, 0.25) is 0 Å². The summed E-state index contributed by atoms with van der Waals surface area (Å²) in [4.78, 5) is 21.1. The third-order valence-electron chi connectivity index (χ3n) is 5.56. The Morgan fingerprint density at radius 3 is 2.59 bits per heavy atom. The zero-order chi connectivity index (χ0) is 21.0. The number of aromatic nitrogens is 3. The number of anilines is 1. The number of carbonyl (C=O) groups excluding carboxylic acids is 1. The predicted molar refractivity (Wildman–Crippen MR) is 115 cm³/mol. The molecule has 3 rings (SSSR count). The smallest absolute Gasteiger partial charge is 0.319 e. The molecule has 0 atom stereocenters. The van der Waals surface area contributed by atoms with Crippen molar-refractivity contribution in [3.8, 4) is 0 Å². The maximum atomic E-state index is 12.7. The van der Waals surface area contributed by atoms with Gasteiger partial charge in [0.15, 0.2) is 5.65 Å². The van der Waals surface area contributed by atoms with Crippen LogP contribution in [-0.4, -0.2) is 70.5 Å². The summed E-state index contributed by atoms with van der Waals surface area (Å²) in [6.07, 6.45) is 4.65. The lowest BCUT2D eigenvalue weighted by molar-refractivity contribution is 0.0904. The SMILES string of the molecule is CCc1nc2c(cnn2CC)c(NC2CCOCC2)c1CN(CC)C(=O)N(C)C. The van der Waals surface area contributed by atoms with Crippen molar-refractivity contribution >= 4 is 22.8 Å². The summed E-state index contributed by atoms with van der Waals surface area (Å²) in [5, 5.41) is 9.35. The summed E-state index contributed by atoms with van der Waals surface area (Å²) < 4.78 is 7.47. The molecule has 8 nitrogen and oxygen atoms in total. The fourth-order valence-electron chi connectivity index (χ4n) is 3.87. The second-order valence-electron chi connectivity index (χ2n) is 7.69. The molecule has 8 heteroatoms. The molecule has 0 bridgehead atoms. The number of urea groups is 1. The van der Waals surface area contributed by atoms with Gasteiger partial charge in [0.1, 0.15) is 0 Å². The second-order valence-corrected chi connectivity index (χ2v) is 7.69. The topological polar surface area (TPSA) is 75.5 Å². The number of hydrogen-bond acceptors (Lipinski definition) is 5. The van der Waals surface area contributed by atoms with Crippen molar-refractivity contribution in [1.29, 1.82) is 0 Å². The normalized spacial score (nSPS) is 14.9. The minimum absolute atomic E-state index is 0.0101. The van der Waals surface area contributed by atoms with Crippen molar-refractivity contribution in [3.05, 3.63) is 17.5 Å². The van der Waals surface area contributed by atoms with E-state index in [1.54, 1.807) is 19.0 Å². The van der Waals surface area contributed by atoms with E-state index in [4.69, 9.17) is 9.72 Å². The van der Waals surface area contributed by atoms with Crippen molar-refractivity contribution in [2.45, 2.75) is 59.2 Å². The number of pyridine rings is 1. The van der Waals surface area contributed by atoms with Crippen LogP contribution in [0.2, 0.25) is 0 Å². The lowest BCUT2D eigenvalue weighted by Crippen LogP contribution is -2.39. The number of aryl methyl sites for hydroxylation is 2. The van der Waals surface area contributed by atoms with E-state index in [1.165, 1.54) is 0 Å². The molecule has 3 heterocycles. The number of rotatable bonds is 7. The molecule has 1 fully saturated rings. The largest absolute Gasteiger partial charge is 0.381 e. The summed E-state index contributed by atoms with van der Waals surface area (Å²) in [7, 11) is 3.58. The molecule has 0 saturated carbocycles. The highest BCUT2D eigenvalue weighted by atomic mass is 16.5. The minimum atomic E-state index is 0.0101. The van der Waals surface area contributed by atoms with Crippen LogP contribution in [0.25, 0.3) is 11.0 Å². The summed E-state index contributed by atoms with van der Waals surface area (Å²) >= 11 is 0. The van der Waals surface area contributed by atoms with E-state index in [-0.39, 0.29) is 6.03 Å². The van der Waals surface area contributed by atoms with Gasteiger partial charge in [0.05, 0.1) is 23.8 Å². The molecule has 2 aromatic heterocycles. The van der Waals surface area contributed by atoms with Gasteiger partial charge < -0.3 is 19.9 Å². The van der Waals surface area contributed by atoms with E-state index >= 15 is 0 Å². The van der Waals surface area contributed by atoms with Crippen LogP contribution in [0.3, 0.4) is 0 Å². The summed E-state index contributed by atoms with van der Waals surface area (Å²) in [5.41, 5.74) is 4.10. The monoisotopic (exact) mass is 402 g/mol. The Bertz CT molecular complexity index is 841. The number of hydrogen-bond donors (Lipinski definition) is 1. The zero-order valence-electron chi connectivity index (χ0n) is 18.4. The highest BCUT2D eigenvalue weighted by Gasteiger charge is 2.24. The molecule has 0 spiro atoms. The molecule has 1 aliphatic heterocycles.